The smallest absolute Gasteiger partial charge is 0.390 e. The molecule has 0 aliphatic carbocycles. The van der Waals surface area contributed by atoms with Crippen LogP contribution in [0, 0.1) is 5.82 Å². The molecule has 0 unspecified atom stereocenters. The van der Waals surface area contributed by atoms with Gasteiger partial charge in [0.25, 0.3) is 0 Å². The molecule has 8 heteroatoms. The van der Waals surface area contributed by atoms with E-state index in [2.05, 4.69) is 0 Å². The normalized spacial score (nSPS) is 20.4. The second-order valence-electron chi connectivity index (χ2n) is 5.66. The van der Waals surface area contributed by atoms with E-state index in [1.165, 1.54) is 11.8 Å². The highest BCUT2D eigenvalue weighted by Gasteiger charge is 2.31. The number of rotatable bonds is 2. The van der Waals surface area contributed by atoms with Gasteiger partial charge in [-0.3, -0.25) is 9.69 Å². The largest absolute Gasteiger partial charge is 0.416 e. The van der Waals surface area contributed by atoms with Crippen LogP contribution in [-0.4, -0.2) is 53.1 Å². The SMILES string of the molecule is CC(=O)N1CCN(Cc2ccc(C(F)(F)F)cc2F)C[C@H](O)C1. The van der Waals surface area contributed by atoms with Crippen LogP contribution in [0.4, 0.5) is 17.6 Å². The molecule has 0 radical (unpaired) electrons. The number of nitrogens with zero attached hydrogens (tertiary/aromatic N) is 2. The number of carbonyl (C=O) groups is 1. The zero-order chi connectivity index (χ0) is 17.2. The Bertz CT molecular complexity index is 577. The van der Waals surface area contributed by atoms with Crippen LogP contribution < -0.4 is 0 Å². The van der Waals surface area contributed by atoms with E-state index < -0.39 is 23.7 Å². The minimum Gasteiger partial charge on any atom is -0.390 e. The lowest BCUT2D eigenvalue weighted by Crippen LogP contribution is -2.36. The summed E-state index contributed by atoms with van der Waals surface area (Å²) in [5.41, 5.74) is -0.904. The summed E-state index contributed by atoms with van der Waals surface area (Å²) in [5.74, 6) is -1.09. The monoisotopic (exact) mass is 334 g/mol. The van der Waals surface area contributed by atoms with Gasteiger partial charge in [-0.25, -0.2) is 4.39 Å². The Labute approximate surface area is 131 Å². The fraction of sp³-hybridized carbons (Fsp3) is 0.533. The molecule has 0 spiro atoms. The molecule has 1 aliphatic rings. The predicted octanol–water partition coefficient (Wildman–Crippen LogP) is 1.87. The molecule has 23 heavy (non-hydrogen) atoms. The number of carbonyl (C=O) groups excluding carboxylic acids is 1. The molecule has 1 heterocycles. The first-order valence-electron chi connectivity index (χ1n) is 7.18. The second-order valence-corrected chi connectivity index (χ2v) is 5.66. The highest BCUT2D eigenvalue weighted by Crippen LogP contribution is 2.30. The van der Waals surface area contributed by atoms with Crippen molar-refractivity contribution >= 4 is 5.91 Å². The van der Waals surface area contributed by atoms with E-state index in [1.807, 2.05) is 0 Å². The molecule has 0 bridgehead atoms. The number of alkyl halides is 3. The molecule has 1 aromatic rings. The quantitative estimate of drug-likeness (QED) is 0.840. The summed E-state index contributed by atoms with van der Waals surface area (Å²) < 4.78 is 51.5. The third-order valence-corrected chi connectivity index (χ3v) is 3.81. The summed E-state index contributed by atoms with van der Waals surface area (Å²) >= 11 is 0. The van der Waals surface area contributed by atoms with Crippen molar-refractivity contribution in [2.75, 3.05) is 26.2 Å². The lowest BCUT2D eigenvalue weighted by Gasteiger charge is -2.21. The third kappa shape index (κ3) is 4.65. The van der Waals surface area contributed by atoms with Gasteiger partial charge < -0.3 is 10.0 Å². The van der Waals surface area contributed by atoms with Gasteiger partial charge in [0.15, 0.2) is 0 Å². The summed E-state index contributed by atoms with van der Waals surface area (Å²) in [6, 6.07) is 2.43. The van der Waals surface area contributed by atoms with Crippen LogP contribution in [0.1, 0.15) is 18.1 Å². The maximum absolute atomic E-state index is 13.9. The van der Waals surface area contributed by atoms with E-state index in [4.69, 9.17) is 0 Å². The fourth-order valence-corrected chi connectivity index (χ4v) is 2.58. The summed E-state index contributed by atoms with van der Waals surface area (Å²) in [6.45, 7) is 2.70. The molecule has 1 saturated heterocycles. The second kappa shape index (κ2) is 6.84. The number of benzene rings is 1. The van der Waals surface area contributed by atoms with Gasteiger partial charge in [0.1, 0.15) is 5.82 Å². The van der Waals surface area contributed by atoms with Crippen LogP contribution >= 0.6 is 0 Å². The zero-order valence-electron chi connectivity index (χ0n) is 12.6. The minimum absolute atomic E-state index is 0.0762. The first-order valence-corrected chi connectivity index (χ1v) is 7.18. The van der Waals surface area contributed by atoms with Crippen molar-refractivity contribution in [3.05, 3.63) is 35.1 Å². The van der Waals surface area contributed by atoms with Crippen molar-refractivity contribution in [3.8, 4) is 0 Å². The van der Waals surface area contributed by atoms with E-state index >= 15 is 0 Å². The lowest BCUT2D eigenvalue weighted by atomic mass is 10.1. The maximum Gasteiger partial charge on any atom is 0.416 e. The van der Waals surface area contributed by atoms with Crippen molar-refractivity contribution in [2.24, 2.45) is 0 Å². The summed E-state index contributed by atoms with van der Waals surface area (Å²) in [5, 5.41) is 9.90. The molecule has 0 saturated carbocycles. The van der Waals surface area contributed by atoms with Gasteiger partial charge in [-0.15, -0.1) is 0 Å². The predicted molar refractivity (Wildman–Crippen MR) is 74.9 cm³/mol. The van der Waals surface area contributed by atoms with Crippen LogP contribution in [0.2, 0.25) is 0 Å². The Balaban J connectivity index is 2.08. The Hall–Kier alpha value is -1.67. The molecule has 1 aliphatic heterocycles. The number of halogens is 4. The van der Waals surface area contributed by atoms with E-state index in [-0.39, 0.29) is 31.1 Å². The number of β-amino-alcohol motifs (C(OH)–C–C–N with tert-alkyl or cyclic N) is 1. The molecule has 4 nitrogen and oxygen atoms in total. The van der Waals surface area contributed by atoms with E-state index in [0.717, 1.165) is 12.1 Å². The molecule has 128 valence electrons. The van der Waals surface area contributed by atoms with E-state index in [0.29, 0.717) is 19.2 Å². The zero-order valence-corrected chi connectivity index (χ0v) is 12.6. The summed E-state index contributed by atoms with van der Waals surface area (Å²) in [6.07, 6.45) is -5.36. The molecule has 1 aromatic carbocycles. The Morgan fingerprint density at radius 2 is 2.00 bits per heavy atom. The molecule has 0 aromatic heterocycles. The number of hydrogen-bond acceptors (Lipinski definition) is 3. The molecule has 1 atom stereocenters. The van der Waals surface area contributed by atoms with E-state index in [1.54, 1.807) is 4.90 Å². The van der Waals surface area contributed by atoms with Crippen molar-refractivity contribution in [3.63, 3.8) is 0 Å². The van der Waals surface area contributed by atoms with E-state index in [9.17, 15) is 27.5 Å². The Morgan fingerprint density at radius 3 is 2.57 bits per heavy atom. The molecular weight excluding hydrogens is 316 g/mol. The Kier molecular flexibility index (Phi) is 5.26. The van der Waals surface area contributed by atoms with Crippen molar-refractivity contribution < 1.29 is 27.5 Å². The number of aliphatic hydroxyl groups is 1. The minimum atomic E-state index is -4.58. The third-order valence-electron chi connectivity index (χ3n) is 3.81. The summed E-state index contributed by atoms with van der Waals surface area (Å²) in [7, 11) is 0. The van der Waals surface area contributed by atoms with Crippen molar-refractivity contribution in [1.29, 1.82) is 0 Å². The average Bonchev–Trinajstić information content (AvgIpc) is 2.61. The van der Waals surface area contributed by atoms with Gasteiger partial charge in [0, 0.05) is 45.2 Å². The highest BCUT2D eigenvalue weighted by molar-refractivity contribution is 5.73. The van der Waals surface area contributed by atoms with Crippen LogP contribution in [-0.2, 0) is 17.5 Å². The maximum atomic E-state index is 13.9. The number of aliphatic hydroxyl groups excluding tert-OH is 1. The van der Waals surface area contributed by atoms with Gasteiger partial charge >= 0.3 is 6.18 Å². The van der Waals surface area contributed by atoms with Gasteiger partial charge in [-0.2, -0.15) is 13.2 Å². The molecule has 1 N–H and O–H groups in total. The topological polar surface area (TPSA) is 43.8 Å². The molecule has 1 amide bonds. The van der Waals surface area contributed by atoms with Crippen molar-refractivity contribution in [2.45, 2.75) is 25.7 Å². The summed E-state index contributed by atoms with van der Waals surface area (Å²) in [4.78, 5) is 14.6. The first-order chi connectivity index (χ1) is 10.7. The van der Waals surface area contributed by atoms with Crippen LogP contribution in [0.3, 0.4) is 0 Å². The highest BCUT2D eigenvalue weighted by atomic mass is 19.4. The van der Waals surface area contributed by atoms with Gasteiger partial charge in [-0.1, -0.05) is 6.07 Å². The van der Waals surface area contributed by atoms with Crippen molar-refractivity contribution in [1.82, 2.24) is 9.80 Å². The van der Waals surface area contributed by atoms with Gasteiger partial charge in [-0.05, 0) is 12.1 Å². The van der Waals surface area contributed by atoms with Gasteiger partial charge in [0.05, 0.1) is 11.7 Å². The Morgan fingerprint density at radius 1 is 1.30 bits per heavy atom. The molecule has 2 rings (SSSR count). The van der Waals surface area contributed by atoms with Gasteiger partial charge in [0.2, 0.25) is 5.91 Å². The molecule has 1 fully saturated rings. The average molecular weight is 334 g/mol. The van der Waals surface area contributed by atoms with Crippen LogP contribution in [0.5, 0.6) is 0 Å². The first kappa shape index (κ1) is 17.7. The number of hydrogen-bond donors (Lipinski definition) is 1. The molecular formula is C15H18F4N2O2. The fourth-order valence-electron chi connectivity index (χ4n) is 2.58. The van der Waals surface area contributed by atoms with Crippen LogP contribution in [0.25, 0.3) is 0 Å². The van der Waals surface area contributed by atoms with Crippen LogP contribution in [0.15, 0.2) is 18.2 Å². The number of amides is 1. The lowest BCUT2D eigenvalue weighted by molar-refractivity contribution is -0.137. The standard InChI is InChI=1S/C15H18F4N2O2/c1-10(22)21-5-4-20(8-13(23)9-21)7-11-2-3-12(6-14(11)16)15(17,18)19/h2-3,6,13,23H,4-5,7-9H2,1H3/t13-/m0/s1.